The summed E-state index contributed by atoms with van der Waals surface area (Å²) in [4.78, 5) is 23.6. The molecule has 5 nitrogen and oxygen atoms in total. The first-order chi connectivity index (χ1) is 9.52. The Bertz CT molecular complexity index is 508. The molecular formula is C15H21N3O2. The molecule has 4 N–H and O–H groups in total. The zero-order chi connectivity index (χ0) is 14.6. The van der Waals surface area contributed by atoms with Gasteiger partial charge in [-0.1, -0.05) is 18.9 Å². The lowest BCUT2D eigenvalue weighted by Crippen LogP contribution is -2.40. The average molecular weight is 275 g/mol. The Kier molecular flexibility index (Phi) is 4.39. The van der Waals surface area contributed by atoms with Crippen LogP contribution < -0.4 is 16.4 Å². The van der Waals surface area contributed by atoms with Crippen LogP contribution in [0.3, 0.4) is 0 Å². The van der Waals surface area contributed by atoms with E-state index in [0.717, 1.165) is 25.7 Å². The molecule has 108 valence electrons. The first-order valence-corrected chi connectivity index (χ1v) is 6.93. The second-order valence-corrected chi connectivity index (χ2v) is 5.45. The van der Waals surface area contributed by atoms with Crippen molar-refractivity contribution in [1.29, 1.82) is 0 Å². The fourth-order valence-corrected chi connectivity index (χ4v) is 2.66. The molecule has 1 aliphatic carbocycles. The first-order valence-electron chi connectivity index (χ1n) is 6.93. The molecule has 0 unspecified atom stereocenters. The van der Waals surface area contributed by atoms with Gasteiger partial charge in [0.25, 0.3) is 5.91 Å². The number of nitrogens with two attached hydrogens (primary N) is 1. The van der Waals surface area contributed by atoms with E-state index in [4.69, 9.17) is 5.73 Å². The molecular weight excluding hydrogens is 254 g/mol. The summed E-state index contributed by atoms with van der Waals surface area (Å²) in [6.07, 6.45) is 4.32. The quantitative estimate of drug-likeness (QED) is 0.781. The highest BCUT2D eigenvalue weighted by Gasteiger charge is 2.31. The van der Waals surface area contributed by atoms with Crippen molar-refractivity contribution in [2.75, 3.05) is 12.4 Å². The third kappa shape index (κ3) is 3.57. The van der Waals surface area contributed by atoms with Crippen LogP contribution in [0.15, 0.2) is 24.3 Å². The Hall–Kier alpha value is -1.88. The largest absolute Gasteiger partial charge is 0.355 e. The zero-order valence-electron chi connectivity index (χ0n) is 11.7. The normalized spacial score (nSPS) is 16.7. The van der Waals surface area contributed by atoms with Crippen molar-refractivity contribution in [3.63, 3.8) is 0 Å². The number of carbonyl (C=O) groups is 2. The number of carbonyl (C=O) groups excluding carboxylic acids is 2. The van der Waals surface area contributed by atoms with Crippen LogP contribution in [0.5, 0.6) is 0 Å². The number of amides is 2. The molecule has 5 heteroatoms. The van der Waals surface area contributed by atoms with Crippen LogP contribution in [0.1, 0.15) is 42.5 Å². The molecule has 20 heavy (non-hydrogen) atoms. The summed E-state index contributed by atoms with van der Waals surface area (Å²) >= 11 is 0. The van der Waals surface area contributed by atoms with Crippen LogP contribution in [0.2, 0.25) is 0 Å². The molecule has 0 atom stereocenters. The predicted octanol–water partition coefficient (Wildman–Crippen LogP) is 1.65. The van der Waals surface area contributed by atoms with Gasteiger partial charge < -0.3 is 16.4 Å². The molecule has 1 aromatic carbocycles. The Labute approximate surface area is 118 Å². The second-order valence-electron chi connectivity index (χ2n) is 5.45. The molecule has 0 spiro atoms. The fraction of sp³-hybridized carbons (Fsp3) is 0.467. The van der Waals surface area contributed by atoms with Crippen LogP contribution >= 0.6 is 0 Å². The van der Waals surface area contributed by atoms with Crippen molar-refractivity contribution >= 4 is 17.5 Å². The third-order valence-electron chi connectivity index (χ3n) is 3.75. The summed E-state index contributed by atoms with van der Waals surface area (Å²) in [5.41, 5.74) is 6.97. The molecule has 1 fully saturated rings. The maximum absolute atomic E-state index is 12.0. The Morgan fingerprint density at radius 2 is 2.00 bits per heavy atom. The van der Waals surface area contributed by atoms with Crippen molar-refractivity contribution in [3.8, 4) is 0 Å². The van der Waals surface area contributed by atoms with Crippen molar-refractivity contribution in [3.05, 3.63) is 29.8 Å². The van der Waals surface area contributed by atoms with Gasteiger partial charge in [-0.3, -0.25) is 9.59 Å². The van der Waals surface area contributed by atoms with Crippen LogP contribution in [0.25, 0.3) is 0 Å². The van der Waals surface area contributed by atoms with Crippen LogP contribution in [-0.4, -0.2) is 24.4 Å². The standard InChI is InChI=1S/C15H21N3O2/c1-17-14(20)11-5-4-6-12(9-11)18-13(19)10-15(16)7-2-3-8-15/h4-6,9H,2-3,7-8,10,16H2,1H3,(H,17,20)(H,18,19). The number of nitrogens with one attached hydrogen (secondary N) is 2. The van der Waals surface area contributed by atoms with Gasteiger partial charge in [-0.15, -0.1) is 0 Å². The molecule has 0 saturated heterocycles. The monoisotopic (exact) mass is 275 g/mol. The lowest BCUT2D eigenvalue weighted by atomic mass is 9.94. The van der Waals surface area contributed by atoms with Crippen molar-refractivity contribution < 1.29 is 9.59 Å². The number of hydrogen-bond donors (Lipinski definition) is 3. The van der Waals surface area contributed by atoms with Gasteiger partial charge in [-0.05, 0) is 31.0 Å². The number of anilines is 1. The highest BCUT2D eigenvalue weighted by molar-refractivity contribution is 5.97. The molecule has 2 rings (SSSR count). The van der Waals surface area contributed by atoms with Gasteiger partial charge in [0.05, 0.1) is 0 Å². The van der Waals surface area contributed by atoms with E-state index in [2.05, 4.69) is 10.6 Å². The van der Waals surface area contributed by atoms with E-state index in [-0.39, 0.29) is 17.4 Å². The number of rotatable bonds is 4. The number of hydrogen-bond acceptors (Lipinski definition) is 3. The predicted molar refractivity (Wildman–Crippen MR) is 78.5 cm³/mol. The summed E-state index contributed by atoms with van der Waals surface area (Å²) in [7, 11) is 1.58. The summed E-state index contributed by atoms with van der Waals surface area (Å²) in [5.74, 6) is -0.268. The molecule has 0 aliphatic heterocycles. The Balaban J connectivity index is 1.99. The SMILES string of the molecule is CNC(=O)c1cccc(NC(=O)CC2(N)CCCC2)c1. The molecule has 0 radical (unpaired) electrons. The topological polar surface area (TPSA) is 84.2 Å². The molecule has 0 aromatic heterocycles. The smallest absolute Gasteiger partial charge is 0.251 e. The fourth-order valence-electron chi connectivity index (χ4n) is 2.66. The van der Waals surface area contributed by atoms with E-state index in [9.17, 15) is 9.59 Å². The van der Waals surface area contributed by atoms with E-state index in [1.165, 1.54) is 0 Å². The average Bonchev–Trinajstić information content (AvgIpc) is 2.84. The van der Waals surface area contributed by atoms with E-state index in [1.54, 1.807) is 31.3 Å². The second kappa shape index (κ2) is 6.05. The third-order valence-corrected chi connectivity index (χ3v) is 3.75. The van der Waals surface area contributed by atoms with Crippen LogP contribution in [-0.2, 0) is 4.79 Å². The van der Waals surface area contributed by atoms with Gasteiger partial charge in [0, 0.05) is 30.3 Å². The van der Waals surface area contributed by atoms with Crippen molar-refractivity contribution in [2.24, 2.45) is 5.73 Å². The molecule has 0 bridgehead atoms. The van der Waals surface area contributed by atoms with Gasteiger partial charge in [0.1, 0.15) is 0 Å². The van der Waals surface area contributed by atoms with Gasteiger partial charge in [0.15, 0.2) is 0 Å². The van der Waals surface area contributed by atoms with E-state index in [0.29, 0.717) is 17.7 Å². The molecule has 1 aliphatic rings. The van der Waals surface area contributed by atoms with Crippen LogP contribution in [0.4, 0.5) is 5.69 Å². The molecule has 1 aromatic rings. The Morgan fingerprint density at radius 3 is 2.65 bits per heavy atom. The van der Waals surface area contributed by atoms with Gasteiger partial charge in [0.2, 0.25) is 5.91 Å². The van der Waals surface area contributed by atoms with Crippen molar-refractivity contribution in [2.45, 2.75) is 37.6 Å². The minimum absolute atomic E-state index is 0.0940. The molecule has 0 heterocycles. The van der Waals surface area contributed by atoms with Crippen LogP contribution in [0, 0.1) is 0 Å². The summed E-state index contributed by atoms with van der Waals surface area (Å²) in [6.45, 7) is 0. The van der Waals surface area contributed by atoms with E-state index >= 15 is 0 Å². The first kappa shape index (κ1) is 14.5. The van der Waals surface area contributed by atoms with E-state index in [1.807, 2.05) is 0 Å². The molecule has 1 saturated carbocycles. The lowest BCUT2D eigenvalue weighted by molar-refractivity contribution is -0.117. The molecule has 2 amide bonds. The Morgan fingerprint density at radius 1 is 1.30 bits per heavy atom. The van der Waals surface area contributed by atoms with E-state index < -0.39 is 0 Å². The highest BCUT2D eigenvalue weighted by atomic mass is 16.2. The van der Waals surface area contributed by atoms with Gasteiger partial charge >= 0.3 is 0 Å². The summed E-state index contributed by atoms with van der Waals surface area (Å²) < 4.78 is 0. The maximum Gasteiger partial charge on any atom is 0.251 e. The van der Waals surface area contributed by atoms with Gasteiger partial charge in [-0.2, -0.15) is 0 Å². The minimum atomic E-state index is -0.359. The number of benzene rings is 1. The zero-order valence-corrected chi connectivity index (χ0v) is 11.7. The summed E-state index contributed by atoms with van der Waals surface area (Å²) in [6, 6.07) is 6.88. The van der Waals surface area contributed by atoms with Gasteiger partial charge in [-0.25, -0.2) is 0 Å². The lowest BCUT2D eigenvalue weighted by Gasteiger charge is -2.22. The minimum Gasteiger partial charge on any atom is -0.355 e. The highest BCUT2D eigenvalue weighted by Crippen LogP contribution is 2.30. The maximum atomic E-state index is 12.0. The summed E-state index contributed by atoms with van der Waals surface area (Å²) in [5, 5.41) is 5.37. The van der Waals surface area contributed by atoms with Crippen molar-refractivity contribution in [1.82, 2.24) is 5.32 Å².